The van der Waals surface area contributed by atoms with Gasteiger partial charge in [-0.1, -0.05) is 88.3 Å². The summed E-state index contributed by atoms with van der Waals surface area (Å²) < 4.78 is 28.8. The first-order valence-electron chi connectivity index (χ1n) is 17.3. The van der Waals surface area contributed by atoms with Gasteiger partial charge in [-0.25, -0.2) is 4.57 Å². The molecule has 2 aliphatic carbocycles. The molecule has 41 heavy (non-hydrogen) atoms. The zero-order chi connectivity index (χ0) is 33.0. The van der Waals surface area contributed by atoms with E-state index in [1.54, 1.807) is 0 Å². The van der Waals surface area contributed by atoms with Gasteiger partial charge in [0, 0.05) is 21.8 Å². The summed E-state index contributed by atoms with van der Waals surface area (Å²) in [5.74, 6) is 0. The van der Waals surface area contributed by atoms with E-state index in [9.17, 15) is 0 Å². The maximum absolute atomic E-state index is 8.85. The Kier molecular flexibility index (Phi) is 5.95. The summed E-state index contributed by atoms with van der Waals surface area (Å²) in [7, 11) is 2.10. The lowest BCUT2D eigenvalue weighted by Crippen LogP contribution is -2.40. The first-order chi connectivity index (χ1) is 19.9. The molecule has 3 aromatic rings. The standard InChI is InChI=1S/C40H56N/c1-25-21-26(2)29(23-28(25)32-22-27(36(3,4)5)15-20-41(32)14)33-34-30(37(6,7)16-18-39(34,10)11)24-31-35(33)40(12,13)19-17-38(31,8)9/h15,20-24H,16-19H2,1-14H3/q+1/i2D3. The van der Waals surface area contributed by atoms with Crippen LogP contribution in [0.2, 0.25) is 0 Å². The zero-order valence-electron chi connectivity index (χ0n) is 31.2. The van der Waals surface area contributed by atoms with Gasteiger partial charge in [0.1, 0.15) is 7.05 Å². The number of hydrogen-bond donors (Lipinski definition) is 0. The summed E-state index contributed by atoms with van der Waals surface area (Å²) in [6, 6.07) is 11.3. The molecule has 5 rings (SSSR count). The highest BCUT2D eigenvalue weighted by atomic mass is 14.9. The Morgan fingerprint density at radius 1 is 0.683 bits per heavy atom. The van der Waals surface area contributed by atoms with Crippen LogP contribution in [-0.2, 0) is 34.1 Å². The minimum atomic E-state index is -2.24. The quantitative estimate of drug-likeness (QED) is 0.278. The fourth-order valence-electron chi connectivity index (χ4n) is 7.69. The molecule has 1 aromatic heterocycles. The van der Waals surface area contributed by atoms with E-state index >= 15 is 0 Å². The Balaban J connectivity index is 2.02. The van der Waals surface area contributed by atoms with E-state index in [4.69, 9.17) is 4.11 Å². The minimum Gasteiger partial charge on any atom is -0.201 e. The summed E-state index contributed by atoms with van der Waals surface area (Å²) >= 11 is 0. The van der Waals surface area contributed by atoms with Gasteiger partial charge < -0.3 is 0 Å². The predicted octanol–water partition coefficient (Wildman–Crippen LogP) is 10.5. The van der Waals surface area contributed by atoms with Crippen LogP contribution in [0.1, 0.15) is 145 Å². The van der Waals surface area contributed by atoms with Crippen molar-refractivity contribution in [2.45, 2.75) is 143 Å². The molecule has 220 valence electrons. The summed E-state index contributed by atoms with van der Waals surface area (Å²) in [5, 5.41) is 0. The molecule has 0 atom stereocenters. The van der Waals surface area contributed by atoms with Crippen LogP contribution in [-0.4, -0.2) is 0 Å². The SMILES string of the molecule is [2H]C([2H])([2H])c1cc(C)c(-c2cc(C(C)(C)C)cc[n+]2C)cc1-c1c2c(cc3c1C(C)(C)CCC3(C)C)C(C)(C)CCC2(C)C. The number of aromatic nitrogens is 1. The van der Waals surface area contributed by atoms with Crippen LogP contribution in [0.25, 0.3) is 22.4 Å². The molecule has 2 aliphatic rings. The van der Waals surface area contributed by atoms with Crippen molar-refractivity contribution in [2.24, 2.45) is 7.05 Å². The van der Waals surface area contributed by atoms with Crippen molar-refractivity contribution in [1.82, 2.24) is 0 Å². The van der Waals surface area contributed by atoms with Gasteiger partial charge in [0.2, 0.25) is 5.69 Å². The lowest BCUT2D eigenvalue weighted by atomic mass is 9.55. The molecule has 0 aliphatic heterocycles. The van der Waals surface area contributed by atoms with E-state index in [0.717, 1.165) is 48.1 Å². The largest absolute Gasteiger partial charge is 0.212 e. The summed E-state index contributed by atoms with van der Waals surface area (Å²) in [5.41, 5.74) is 12.5. The Bertz CT molecular complexity index is 1590. The van der Waals surface area contributed by atoms with Crippen LogP contribution in [0.15, 0.2) is 36.5 Å². The fourth-order valence-corrected chi connectivity index (χ4v) is 7.69. The number of rotatable bonds is 2. The Hall–Kier alpha value is -2.41. The molecule has 0 radical (unpaired) electrons. The van der Waals surface area contributed by atoms with Crippen LogP contribution < -0.4 is 4.57 Å². The van der Waals surface area contributed by atoms with Gasteiger partial charge in [-0.3, -0.25) is 0 Å². The molecule has 0 unspecified atom stereocenters. The van der Waals surface area contributed by atoms with E-state index in [0.29, 0.717) is 5.56 Å². The summed E-state index contributed by atoms with van der Waals surface area (Å²) in [6.07, 6.45) is 6.54. The number of pyridine rings is 1. The van der Waals surface area contributed by atoms with Crippen molar-refractivity contribution in [3.05, 3.63) is 75.5 Å². The number of benzene rings is 2. The smallest absolute Gasteiger partial charge is 0.201 e. The highest BCUT2D eigenvalue weighted by Crippen LogP contribution is 2.58. The van der Waals surface area contributed by atoms with Crippen molar-refractivity contribution < 1.29 is 8.68 Å². The highest BCUT2D eigenvalue weighted by Gasteiger charge is 2.46. The third-order valence-electron chi connectivity index (χ3n) is 10.8. The molecule has 1 nitrogen and oxygen atoms in total. The van der Waals surface area contributed by atoms with Crippen molar-refractivity contribution in [1.29, 1.82) is 0 Å². The lowest BCUT2D eigenvalue weighted by molar-refractivity contribution is -0.660. The van der Waals surface area contributed by atoms with E-state index in [1.165, 1.54) is 33.4 Å². The number of fused-ring (bicyclic) bond motifs is 2. The third kappa shape index (κ3) is 4.90. The van der Waals surface area contributed by atoms with Crippen LogP contribution in [0.4, 0.5) is 0 Å². The molecule has 0 bridgehead atoms. The molecule has 1 heterocycles. The Morgan fingerprint density at radius 3 is 1.68 bits per heavy atom. The molecule has 1 heteroatoms. The van der Waals surface area contributed by atoms with Gasteiger partial charge in [-0.05, 0) is 123 Å². The topological polar surface area (TPSA) is 3.88 Å². The maximum atomic E-state index is 8.85. The van der Waals surface area contributed by atoms with Gasteiger partial charge in [0.25, 0.3) is 0 Å². The second-order valence-electron chi connectivity index (χ2n) is 17.0. The van der Waals surface area contributed by atoms with Crippen LogP contribution in [0.3, 0.4) is 0 Å². The van der Waals surface area contributed by atoms with Gasteiger partial charge in [-0.15, -0.1) is 0 Å². The zero-order valence-corrected chi connectivity index (χ0v) is 28.2. The molecular formula is C40H56N+. The van der Waals surface area contributed by atoms with Crippen molar-refractivity contribution >= 4 is 0 Å². The molecule has 0 saturated carbocycles. The second kappa shape index (κ2) is 9.29. The van der Waals surface area contributed by atoms with Crippen LogP contribution in [0.5, 0.6) is 0 Å². The lowest BCUT2D eigenvalue weighted by Gasteiger charge is -2.49. The van der Waals surface area contributed by atoms with Crippen molar-refractivity contribution in [3.63, 3.8) is 0 Å². The normalized spacial score (nSPS) is 21.7. The third-order valence-corrected chi connectivity index (χ3v) is 10.8. The first kappa shape index (κ1) is 26.2. The summed E-state index contributed by atoms with van der Waals surface area (Å²) in [4.78, 5) is 0. The number of nitrogens with zero attached hydrogens (tertiary/aromatic N) is 1. The summed E-state index contributed by atoms with van der Waals surface area (Å²) in [6.45, 7) is 25.7. The fraction of sp³-hybridized carbons (Fsp3) is 0.575. The average molecular weight is 554 g/mol. The molecule has 0 spiro atoms. The Labute approximate surface area is 256 Å². The van der Waals surface area contributed by atoms with E-state index in [1.807, 2.05) is 6.07 Å². The molecule has 0 N–H and O–H groups in total. The monoisotopic (exact) mass is 553 g/mol. The molecule has 0 saturated heterocycles. The van der Waals surface area contributed by atoms with Gasteiger partial charge >= 0.3 is 0 Å². The number of aryl methyl sites for hydroxylation is 3. The molecular weight excluding hydrogens is 494 g/mol. The maximum Gasteiger partial charge on any atom is 0.212 e. The van der Waals surface area contributed by atoms with E-state index in [2.05, 4.69) is 125 Å². The predicted molar refractivity (Wildman–Crippen MR) is 177 cm³/mol. The first-order valence-corrected chi connectivity index (χ1v) is 15.8. The Morgan fingerprint density at radius 2 is 1.20 bits per heavy atom. The van der Waals surface area contributed by atoms with Gasteiger partial charge in [0.15, 0.2) is 6.20 Å². The molecule has 0 fully saturated rings. The molecule has 2 aromatic carbocycles. The van der Waals surface area contributed by atoms with E-state index in [-0.39, 0.29) is 27.1 Å². The highest BCUT2D eigenvalue weighted by molar-refractivity contribution is 5.84. The van der Waals surface area contributed by atoms with E-state index < -0.39 is 6.85 Å². The van der Waals surface area contributed by atoms with Gasteiger partial charge in [0.05, 0.1) is 0 Å². The van der Waals surface area contributed by atoms with Crippen LogP contribution >= 0.6 is 0 Å². The van der Waals surface area contributed by atoms with Gasteiger partial charge in [-0.2, -0.15) is 0 Å². The second-order valence-corrected chi connectivity index (χ2v) is 17.0. The average Bonchev–Trinajstić information content (AvgIpc) is 2.88. The van der Waals surface area contributed by atoms with Crippen molar-refractivity contribution in [2.75, 3.05) is 0 Å². The van der Waals surface area contributed by atoms with Crippen LogP contribution in [0, 0.1) is 13.8 Å². The van der Waals surface area contributed by atoms with Crippen molar-refractivity contribution in [3.8, 4) is 22.4 Å². The molecule has 0 amide bonds. The minimum absolute atomic E-state index is 0.00116. The number of hydrogen-bond acceptors (Lipinski definition) is 0.